The molecule has 28 heavy (non-hydrogen) atoms. The third-order valence-electron chi connectivity index (χ3n) is 6.75. The van der Waals surface area contributed by atoms with Crippen molar-refractivity contribution >= 4 is 11.8 Å². The number of hydrogen-bond donors (Lipinski definition) is 0. The minimum Gasteiger partial charge on any atom is -0.338 e. The van der Waals surface area contributed by atoms with Gasteiger partial charge in [-0.25, -0.2) is 9.97 Å². The van der Waals surface area contributed by atoms with E-state index in [1.807, 2.05) is 16.0 Å². The van der Waals surface area contributed by atoms with Crippen LogP contribution in [0.15, 0.2) is 6.20 Å². The van der Waals surface area contributed by atoms with Crippen molar-refractivity contribution < 1.29 is 9.59 Å². The van der Waals surface area contributed by atoms with Gasteiger partial charge in [0.05, 0.1) is 11.7 Å². The van der Waals surface area contributed by atoms with Crippen LogP contribution in [0.4, 0.5) is 0 Å². The van der Waals surface area contributed by atoms with E-state index in [0.29, 0.717) is 13.0 Å². The lowest BCUT2D eigenvalue weighted by Gasteiger charge is -2.35. The van der Waals surface area contributed by atoms with Crippen molar-refractivity contribution in [1.82, 2.24) is 19.8 Å². The van der Waals surface area contributed by atoms with Crippen molar-refractivity contribution in [2.24, 2.45) is 5.92 Å². The predicted octanol–water partition coefficient (Wildman–Crippen LogP) is 3.41. The molecule has 6 nitrogen and oxygen atoms in total. The van der Waals surface area contributed by atoms with Crippen LogP contribution in [0.3, 0.4) is 0 Å². The number of likely N-dealkylation sites (tertiary alicyclic amines) is 1. The maximum atomic E-state index is 12.6. The fourth-order valence-corrected chi connectivity index (χ4v) is 5.07. The van der Waals surface area contributed by atoms with Crippen LogP contribution in [0.2, 0.25) is 0 Å². The van der Waals surface area contributed by atoms with Crippen LogP contribution in [-0.4, -0.2) is 44.7 Å². The Morgan fingerprint density at radius 1 is 1.11 bits per heavy atom. The van der Waals surface area contributed by atoms with Gasteiger partial charge in [0.1, 0.15) is 0 Å². The highest BCUT2D eigenvalue weighted by Gasteiger charge is 2.30. The number of fused-ring (bicyclic) bond motifs is 1. The van der Waals surface area contributed by atoms with E-state index in [1.54, 1.807) is 6.92 Å². The summed E-state index contributed by atoms with van der Waals surface area (Å²) in [7, 11) is 0. The third-order valence-corrected chi connectivity index (χ3v) is 6.75. The van der Waals surface area contributed by atoms with E-state index in [4.69, 9.17) is 4.98 Å². The van der Waals surface area contributed by atoms with Crippen LogP contribution in [0, 0.1) is 5.92 Å². The van der Waals surface area contributed by atoms with Crippen molar-refractivity contribution in [3.05, 3.63) is 23.3 Å². The van der Waals surface area contributed by atoms with Gasteiger partial charge in [-0.15, -0.1) is 0 Å². The molecule has 0 bridgehead atoms. The molecule has 0 radical (unpaired) electrons. The zero-order valence-corrected chi connectivity index (χ0v) is 17.0. The number of nitrogens with zero attached hydrogens (tertiary/aromatic N) is 4. The van der Waals surface area contributed by atoms with Gasteiger partial charge < -0.3 is 9.80 Å². The number of aromatic nitrogens is 2. The van der Waals surface area contributed by atoms with Gasteiger partial charge >= 0.3 is 0 Å². The molecule has 1 saturated carbocycles. The Bertz CT molecular complexity index is 729. The molecule has 0 aromatic carbocycles. The standard InChI is InChI=1S/C22H32N4O2/c1-16(27)26-12-5-4-8-20(26)22-23-14-18-15-25(13-11-19(18)24-22)21(28)10-9-17-6-2-3-7-17/h14,17,20H,2-13,15H2,1H3/t20-/m1/s1. The van der Waals surface area contributed by atoms with Crippen molar-refractivity contribution in [3.8, 4) is 0 Å². The van der Waals surface area contributed by atoms with Gasteiger partial charge in [-0.2, -0.15) is 0 Å². The summed E-state index contributed by atoms with van der Waals surface area (Å²) >= 11 is 0. The highest BCUT2D eigenvalue weighted by molar-refractivity contribution is 5.76. The molecule has 1 saturated heterocycles. The monoisotopic (exact) mass is 384 g/mol. The Balaban J connectivity index is 1.39. The van der Waals surface area contributed by atoms with Crippen molar-refractivity contribution in [2.75, 3.05) is 13.1 Å². The molecule has 3 aliphatic rings. The SMILES string of the molecule is CC(=O)N1CCCC[C@@H]1c1ncc2c(n1)CCN(C(=O)CCC1CCCC1)C2. The molecule has 2 amide bonds. The molecule has 0 spiro atoms. The molecule has 2 aliphatic heterocycles. The first-order valence-electron chi connectivity index (χ1n) is 11.0. The molecule has 4 rings (SSSR count). The second-order valence-electron chi connectivity index (χ2n) is 8.68. The molecular weight excluding hydrogens is 352 g/mol. The molecule has 0 unspecified atom stereocenters. The quantitative estimate of drug-likeness (QED) is 0.798. The van der Waals surface area contributed by atoms with E-state index in [9.17, 15) is 9.59 Å². The average molecular weight is 385 g/mol. The van der Waals surface area contributed by atoms with Crippen LogP contribution in [0.25, 0.3) is 0 Å². The van der Waals surface area contributed by atoms with Gasteiger partial charge in [-0.3, -0.25) is 9.59 Å². The largest absolute Gasteiger partial charge is 0.338 e. The summed E-state index contributed by atoms with van der Waals surface area (Å²) in [5.74, 6) is 1.91. The molecule has 6 heteroatoms. The number of carbonyl (C=O) groups is 2. The Kier molecular flexibility index (Phi) is 5.93. The highest BCUT2D eigenvalue weighted by Crippen LogP contribution is 2.31. The number of rotatable bonds is 4. The normalized spacial score (nSPS) is 23.0. The van der Waals surface area contributed by atoms with Gasteiger partial charge in [0.2, 0.25) is 11.8 Å². The van der Waals surface area contributed by atoms with Crippen molar-refractivity contribution in [2.45, 2.75) is 83.7 Å². The number of hydrogen-bond acceptors (Lipinski definition) is 4. The first kappa shape index (κ1) is 19.3. The van der Waals surface area contributed by atoms with E-state index in [1.165, 1.54) is 25.7 Å². The fourth-order valence-electron chi connectivity index (χ4n) is 5.07. The summed E-state index contributed by atoms with van der Waals surface area (Å²) in [6.45, 7) is 3.80. The van der Waals surface area contributed by atoms with Crippen molar-refractivity contribution in [1.29, 1.82) is 0 Å². The van der Waals surface area contributed by atoms with E-state index in [-0.39, 0.29) is 17.9 Å². The molecule has 3 heterocycles. The average Bonchev–Trinajstić information content (AvgIpc) is 3.25. The second-order valence-corrected chi connectivity index (χ2v) is 8.68. The zero-order chi connectivity index (χ0) is 19.5. The van der Waals surface area contributed by atoms with Gasteiger partial charge in [0.25, 0.3) is 0 Å². The van der Waals surface area contributed by atoms with Crippen molar-refractivity contribution in [3.63, 3.8) is 0 Å². The lowest BCUT2D eigenvalue weighted by atomic mass is 9.99. The Morgan fingerprint density at radius 3 is 2.68 bits per heavy atom. The summed E-state index contributed by atoms with van der Waals surface area (Å²) in [6, 6.07) is 0.00243. The number of amides is 2. The first-order chi connectivity index (χ1) is 13.6. The molecule has 0 N–H and O–H groups in total. The summed E-state index contributed by atoms with van der Waals surface area (Å²) in [5, 5.41) is 0. The number of piperidine rings is 1. The summed E-state index contributed by atoms with van der Waals surface area (Å²) < 4.78 is 0. The minimum atomic E-state index is 0.00243. The van der Waals surface area contributed by atoms with Crippen LogP contribution < -0.4 is 0 Å². The summed E-state index contributed by atoms with van der Waals surface area (Å²) in [4.78, 5) is 37.9. The van der Waals surface area contributed by atoms with E-state index >= 15 is 0 Å². The molecule has 1 atom stereocenters. The lowest BCUT2D eigenvalue weighted by Crippen LogP contribution is -2.39. The Morgan fingerprint density at radius 2 is 1.89 bits per heavy atom. The van der Waals surface area contributed by atoms with Gasteiger partial charge in [-0.1, -0.05) is 25.7 Å². The Hall–Kier alpha value is -1.98. The molecule has 152 valence electrons. The maximum absolute atomic E-state index is 12.6. The highest BCUT2D eigenvalue weighted by atomic mass is 16.2. The summed E-state index contributed by atoms with van der Waals surface area (Å²) in [5.41, 5.74) is 2.12. The second kappa shape index (κ2) is 8.58. The van der Waals surface area contributed by atoms with Crippen LogP contribution in [0.5, 0.6) is 0 Å². The van der Waals surface area contributed by atoms with E-state index in [0.717, 1.165) is 68.2 Å². The van der Waals surface area contributed by atoms with E-state index < -0.39 is 0 Å². The fraction of sp³-hybridized carbons (Fsp3) is 0.727. The molecule has 2 fully saturated rings. The minimum absolute atomic E-state index is 0.00243. The molecule has 1 aromatic heterocycles. The molecule has 1 aromatic rings. The van der Waals surface area contributed by atoms with Gasteiger partial charge in [0.15, 0.2) is 5.82 Å². The van der Waals surface area contributed by atoms with Crippen LogP contribution in [-0.2, 0) is 22.6 Å². The van der Waals surface area contributed by atoms with Crippen LogP contribution >= 0.6 is 0 Å². The number of carbonyl (C=O) groups excluding carboxylic acids is 2. The van der Waals surface area contributed by atoms with Gasteiger partial charge in [0, 0.05) is 51.2 Å². The summed E-state index contributed by atoms with van der Waals surface area (Å²) in [6.07, 6.45) is 12.7. The van der Waals surface area contributed by atoms with E-state index in [2.05, 4.69) is 4.98 Å². The lowest BCUT2D eigenvalue weighted by molar-refractivity contribution is -0.133. The molecule has 1 aliphatic carbocycles. The third kappa shape index (κ3) is 4.20. The Labute approximate surface area is 167 Å². The topological polar surface area (TPSA) is 66.4 Å². The smallest absolute Gasteiger partial charge is 0.222 e. The zero-order valence-electron chi connectivity index (χ0n) is 17.0. The first-order valence-corrected chi connectivity index (χ1v) is 11.0. The maximum Gasteiger partial charge on any atom is 0.222 e. The van der Waals surface area contributed by atoms with Gasteiger partial charge in [-0.05, 0) is 31.6 Å². The predicted molar refractivity (Wildman–Crippen MR) is 106 cm³/mol. The van der Waals surface area contributed by atoms with Crippen LogP contribution in [0.1, 0.15) is 87.8 Å². The molecular formula is C22H32N4O2.